The minimum atomic E-state index is -0.500. The Bertz CT molecular complexity index is 761. The van der Waals surface area contributed by atoms with E-state index in [4.69, 9.17) is 14.2 Å². The van der Waals surface area contributed by atoms with Crippen LogP contribution in [0.15, 0.2) is 53.8 Å². The number of amides is 1. The standard InChI is InChI=1S/C21H25NO5/c1-5-12-27-17-9-7-16(8-10-17)14-18-19(21(24)26-6-2)15(3)22(20(18)23)11-13-25-4/h5,7-10,14H,1,6,11-13H2,2-4H3. The first kappa shape index (κ1) is 20.5. The molecule has 0 saturated carbocycles. The second kappa shape index (κ2) is 9.73. The van der Waals surface area contributed by atoms with Crippen molar-refractivity contribution in [1.29, 1.82) is 0 Å². The fourth-order valence-corrected chi connectivity index (χ4v) is 2.76. The average Bonchev–Trinajstić information content (AvgIpc) is 2.89. The zero-order valence-corrected chi connectivity index (χ0v) is 16.0. The summed E-state index contributed by atoms with van der Waals surface area (Å²) in [5.74, 6) is -0.0334. The first-order valence-corrected chi connectivity index (χ1v) is 8.78. The summed E-state index contributed by atoms with van der Waals surface area (Å²) in [5.41, 5.74) is 1.98. The number of nitrogens with zero attached hydrogens (tertiary/aromatic N) is 1. The van der Waals surface area contributed by atoms with Gasteiger partial charge in [-0.15, -0.1) is 0 Å². The van der Waals surface area contributed by atoms with Gasteiger partial charge in [0.25, 0.3) is 5.91 Å². The Balaban J connectivity index is 2.36. The molecule has 1 amide bonds. The molecule has 144 valence electrons. The number of rotatable bonds is 9. The molecule has 0 saturated heterocycles. The van der Waals surface area contributed by atoms with Crippen LogP contribution in [-0.2, 0) is 19.1 Å². The highest BCUT2D eigenvalue weighted by atomic mass is 16.5. The van der Waals surface area contributed by atoms with E-state index in [9.17, 15) is 9.59 Å². The molecule has 6 nitrogen and oxygen atoms in total. The van der Waals surface area contributed by atoms with E-state index in [0.717, 1.165) is 5.56 Å². The van der Waals surface area contributed by atoms with E-state index < -0.39 is 5.97 Å². The number of allylic oxidation sites excluding steroid dienone is 1. The summed E-state index contributed by atoms with van der Waals surface area (Å²) in [5, 5.41) is 0. The molecule has 1 aliphatic heterocycles. The Morgan fingerprint density at radius 1 is 1.26 bits per heavy atom. The molecule has 1 aromatic carbocycles. The summed E-state index contributed by atoms with van der Waals surface area (Å²) in [6.45, 7) is 8.50. The van der Waals surface area contributed by atoms with E-state index in [1.54, 1.807) is 50.1 Å². The van der Waals surface area contributed by atoms with Gasteiger partial charge in [0.15, 0.2) is 0 Å². The highest BCUT2D eigenvalue weighted by Crippen LogP contribution is 2.31. The minimum absolute atomic E-state index is 0.236. The van der Waals surface area contributed by atoms with Crippen LogP contribution < -0.4 is 4.74 Å². The maximum Gasteiger partial charge on any atom is 0.340 e. The Labute approximate surface area is 159 Å². The lowest BCUT2D eigenvalue weighted by Gasteiger charge is -2.16. The quantitative estimate of drug-likeness (QED) is 0.379. The number of carbonyl (C=O) groups is 2. The molecule has 2 rings (SSSR count). The molecule has 1 aliphatic rings. The largest absolute Gasteiger partial charge is 0.490 e. The molecular weight excluding hydrogens is 346 g/mol. The summed E-state index contributed by atoms with van der Waals surface area (Å²) < 4.78 is 15.7. The Kier molecular flexibility index (Phi) is 7.37. The van der Waals surface area contributed by atoms with Crippen LogP contribution in [0.5, 0.6) is 5.75 Å². The third kappa shape index (κ3) is 4.86. The van der Waals surface area contributed by atoms with Crippen molar-refractivity contribution in [1.82, 2.24) is 4.90 Å². The first-order valence-electron chi connectivity index (χ1n) is 8.78. The summed E-state index contributed by atoms with van der Waals surface area (Å²) in [6.07, 6.45) is 3.36. The highest BCUT2D eigenvalue weighted by molar-refractivity contribution is 6.16. The average molecular weight is 371 g/mol. The van der Waals surface area contributed by atoms with Crippen molar-refractivity contribution in [3.05, 3.63) is 59.3 Å². The molecule has 0 radical (unpaired) electrons. The summed E-state index contributed by atoms with van der Waals surface area (Å²) in [7, 11) is 1.57. The third-order valence-electron chi connectivity index (χ3n) is 4.07. The Morgan fingerprint density at radius 2 is 1.96 bits per heavy atom. The van der Waals surface area contributed by atoms with Gasteiger partial charge < -0.3 is 19.1 Å². The molecule has 0 bridgehead atoms. The second-order valence-corrected chi connectivity index (χ2v) is 5.86. The minimum Gasteiger partial charge on any atom is -0.490 e. The van der Waals surface area contributed by atoms with Crippen LogP contribution >= 0.6 is 0 Å². The molecule has 1 heterocycles. The van der Waals surface area contributed by atoms with E-state index >= 15 is 0 Å². The molecular formula is C21H25NO5. The van der Waals surface area contributed by atoms with Crippen molar-refractivity contribution >= 4 is 18.0 Å². The van der Waals surface area contributed by atoms with Crippen LogP contribution in [0.4, 0.5) is 0 Å². The second-order valence-electron chi connectivity index (χ2n) is 5.86. The van der Waals surface area contributed by atoms with Gasteiger partial charge in [-0.25, -0.2) is 4.79 Å². The predicted molar refractivity (Wildman–Crippen MR) is 103 cm³/mol. The summed E-state index contributed by atoms with van der Waals surface area (Å²) in [6, 6.07) is 7.26. The number of esters is 1. The van der Waals surface area contributed by atoms with Gasteiger partial charge >= 0.3 is 5.97 Å². The molecule has 0 unspecified atom stereocenters. The van der Waals surface area contributed by atoms with Crippen molar-refractivity contribution in [3.63, 3.8) is 0 Å². The van der Waals surface area contributed by atoms with Gasteiger partial charge in [-0.05, 0) is 37.6 Å². The number of carbonyl (C=O) groups excluding carboxylic acids is 2. The molecule has 1 aromatic rings. The van der Waals surface area contributed by atoms with Gasteiger partial charge in [-0.3, -0.25) is 4.79 Å². The Morgan fingerprint density at radius 3 is 2.56 bits per heavy atom. The van der Waals surface area contributed by atoms with Gasteiger partial charge in [0.2, 0.25) is 0 Å². The van der Waals surface area contributed by atoms with Gasteiger partial charge in [-0.1, -0.05) is 24.8 Å². The number of ether oxygens (including phenoxy) is 3. The van der Waals surface area contributed by atoms with E-state index in [-0.39, 0.29) is 12.5 Å². The number of benzene rings is 1. The maximum absolute atomic E-state index is 12.9. The van der Waals surface area contributed by atoms with Crippen molar-refractivity contribution in [2.24, 2.45) is 0 Å². The molecule has 0 N–H and O–H groups in total. The van der Waals surface area contributed by atoms with Crippen LogP contribution in [0.25, 0.3) is 6.08 Å². The smallest absolute Gasteiger partial charge is 0.340 e. The molecule has 0 spiro atoms. The van der Waals surface area contributed by atoms with Crippen molar-refractivity contribution in [2.75, 3.05) is 33.5 Å². The molecule has 0 aromatic heterocycles. The van der Waals surface area contributed by atoms with Crippen LogP contribution in [0.1, 0.15) is 19.4 Å². The van der Waals surface area contributed by atoms with E-state index in [2.05, 4.69) is 6.58 Å². The van der Waals surface area contributed by atoms with E-state index in [1.165, 1.54) is 0 Å². The molecule has 0 aliphatic carbocycles. The lowest BCUT2D eigenvalue weighted by atomic mass is 10.0. The van der Waals surface area contributed by atoms with Gasteiger partial charge in [0.1, 0.15) is 12.4 Å². The number of hydrogen-bond donors (Lipinski definition) is 0. The predicted octanol–water partition coefficient (Wildman–Crippen LogP) is 2.96. The van der Waals surface area contributed by atoms with Crippen molar-refractivity contribution in [2.45, 2.75) is 13.8 Å². The van der Waals surface area contributed by atoms with Crippen LogP contribution in [-0.4, -0.2) is 50.3 Å². The lowest BCUT2D eigenvalue weighted by Crippen LogP contribution is -2.28. The summed E-state index contributed by atoms with van der Waals surface area (Å²) >= 11 is 0. The normalized spacial score (nSPS) is 15.4. The third-order valence-corrected chi connectivity index (χ3v) is 4.07. The van der Waals surface area contributed by atoms with Crippen LogP contribution in [0, 0.1) is 0 Å². The SMILES string of the molecule is C=CCOc1ccc(C=C2C(=O)N(CCOC)C(C)=C2C(=O)OCC)cc1. The van der Waals surface area contributed by atoms with Crippen LogP contribution in [0.3, 0.4) is 0 Å². The number of hydrogen-bond acceptors (Lipinski definition) is 5. The molecule has 0 atom stereocenters. The topological polar surface area (TPSA) is 65.1 Å². The monoisotopic (exact) mass is 371 g/mol. The number of methoxy groups -OCH3 is 1. The van der Waals surface area contributed by atoms with Gasteiger partial charge in [0.05, 0.1) is 24.4 Å². The fraction of sp³-hybridized carbons (Fsp3) is 0.333. The molecule has 6 heteroatoms. The van der Waals surface area contributed by atoms with Crippen molar-refractivity contribution in [3.8, 4) is 5.75 Å². The highest BCUT2D eigenvalue weighted by Gasteiger charge is 2.36. The fourth-order valence-electron chi connectivity index (χ4n) is 2.76. The van der Waals surface area contributed by atoms with E-state index in [1.807, 2.05) is 12.1 Å². The molecule has 0 fully saturated rings. The Hall–Kier alpha value is -2.86. The van der Waals surface area contributed by atoms with E-state index in [0.29, 0.717) is 42.4 Å². The maximum atomic E-state index is 12.9. The zero-order valence-electron chi connectivity index (χ0n) is 16.0. The van der Waals surface area contributed by atoms with Crippen LogP contribution in [0.2, 0.25) is 0 Å². The lowest BCUT2D eigenvalue weighted by molar-refractivity contribution is -0.138. The summed E-state index contributed by atoms with van der Waals surface area (Å²) in [4.78, 5) is 26.8. The molecule has 27 heavy (non-hydrogen) atoms. The van der Waals surface area contributed by atoms with Gasteiger partial charge in [-0.2, -0.15) is 0 Å². The van der Waals surface area contributed by atoms with Gasteiger partial charge in [0, 0.05) is 19.4 Å². The first-order chi connectivity index (χ1) is 13.0. The zero-order chi connectivity index (χ0) is 19.8. The van der Waals surface area contributed by atoms with Crippen molar-refractivity contribution < 1.29 is 23.8 Å².